The van der Waals surface area contributed by atoms with Crippen LogP contribution in [0.2, 0.25) is 0 Å². The monoisotopic (exact) mass is 285 g/mol. The van der Waals surface area contributed by atoms with E-state index in [-0.39, 0.29) is 11.7 Å². The van der Waals surface area contributed by atoms with Gasteiger partial charge >= 0.3 is 0 Å². The Morgan fingerprint density at radius 3 is 3.06 bits per heavy atom. The summed E-state index contributed by atoms with van der Waals surface area (Å²) < 4.78 is 13.1. The zero-order valence-corrected chi connectivity index (χ0v) is 11.9. The van der Waals surface area contributed by atoms with Crippen LogP contribution in [-0.4, -0.2) is 35.0 Å². The molecule has 5 heteroatoms. The predicted octanol–water partition coefficient (Wildman–Crippen LogP) is 2.71. The number of hydrogen-bond acceptors (Lipinski definition) is 3. The zero-order chi connectivity index (χ0) is 13.0. The van der Waals surface area contributed by atoms with Crippen molar-refractivity contribution in [2.75, 3.05) is 23.8 Å². The first-order valence-electron chi connectivity index (χ1n) is 5.90. The van der Waals surface area contributed by atoms with Gasteiger partial charge in [-0.3, -0.25) is 4.79 Å². The molecule has 18 heavy (non-hydrogen) atoms. The molecule has 0 aromatic heterocycles. The van der Waals surface area contributed by atoms with E-state index >= 15 is 0 Å². The number of thioether (sulfide) groups is 2. The first kappa shape index (κ1) is 13.7. The molecule has 2 rings (SSSR count). The Labute approximate surface area is 115 Å². The normalized spacial score (nSPS) is 19.6. The maximum Gasteiger partial charge on any atom is 0.251 e. The fraction of sp³-hybridized carbons (Fsp3) is 0.462. The highest BCUT2D eigenvalue weighted by molar-refractivity contribution is 8.06. The highest BCUT2D eigenvalue weighted by atomic mass is 32.2. The van der Waals surface area contributed by atoms with E-state index in [1.54, 1.807) is 6.07 Å². The highest BCUT2D eigenvalue weighted by Crippen LogP contribution is 2.23. The van der Waals surface area contributed by atoms with Crippen LogP contribution < -0.4 is 5.32 Å². The van der Waals surface area contributed by atoms with Gasteiger partial charge in [-0.05, 0) is 24.6 Å². The quantitative estimate of drug-likeness (QED) is 0.926. The van der Waals surface area contributed by atoms with Gasteiger partial charge in [0.1, 0.15) is 5.82 Å². The van der Waals surface area contributed by atoms with E-state index < -0.39 is 0 Å². The minimum absolute atomic E-state index is 0.178. The Morgan fingerprint density at radius 2 is 2.33 bits per heavy atom. The molecule has 1 aromatic carbocycles. The van der Waals surface area contributed by atoms with Crippen molar-refractivity contribution in [3.05, 3.63) is 35.1 Å². The number of carbonyl (C=O) groups is 1. The lowest BCUT2D eigenvalue weighted by Gasteiger charge is -2.21. The number of hydrogen-bond donors (Lipinski definition) is 1. The van der Waals surface area contributed by atoms with Crippen LogP contribution in [0.5, 0.6) is 0 Å². The molecule has 0 bridgehead atoms. The molecule has 0 spiro atoms. The van der Waals surface area contributed by atoms with Crippen LogP contribution in [-0.2, 0) is 0 Å². The molecule has 1 fully saturated rings. The van der Waals surface area contributed by atoms with E-state index in [0.29, 0.717) is 17.4 Å². The van der Waals surface area contributed by atoms with Crippen molar-refractivity contribution < 1.29 is 9.18 Å². The largest absolute Gasteiger partial charge is 0.351 e. The van der Waals surface area contributed by atoms with Gasteiger partial charge in [-0.15, -0.1) is 0 Å². The molecule has 1 aliphatic heterocycles. The van der Waals surface area contributed by atoms with Gasteiger partial charge in [0.25, 0.3) is 5.91 Å². The summed E-state index contributed by atoms with van der Waals surface area (Å²) >= 11 is 3.82. The van der Waals surface area contributed by atoms with Gasteiger partial charge in [0.05, 0.1) is 0 Å². The summed E-state index contributed by atoms with van der Waals surface area (Å²) in [5, 5.41) is 3.37. The molecule has 1 aliphatic rings. The van der Waals surface area contributed by atoms with Crippen molar-refractivity contribution in [2.24, 2.45) is 0 Å². The minimum Gasteiger partial charge on any atom is -0.351 e. The van der Waals surface area contributed by atoms with Gasteiger partial charge < -0.3 is 5.32 Å². The van der Waals surface area contributed by atoms with Crippen molar-refractivity contribution in [1.82, 2.24) is 5.32 Å². The first-order valence-corrected chi connectivity index (χ1v) is 8.11. The van der Waals surface area contributed by atoms with Crippen molar-refractivity contribution in [2.45, 2.75) is 12.2 Å². The second kappa shape index (κ2) is 6.48. The lowest BCUT2D eigenvalue weighted by Crippen LogP contribution is -2.33. The van der Waals surface area contributed by atoms with Crippen molar-refractivity contribution in [3.8, 4) is 0 Å². The Morgan fingerprint density at radius 1 is 1.50 bits per heavy atom. The zero-order valence-electron chi connectivity index (χ0n) is 10.2. The van der Waals surface area contributed by atoms with E-state index in [2.05, 4.69) is 5.32 Å². The molecule has 1 N–H and O–H groups in total. The molecule has 1 atom stereocenters. The van der Waals surface area contributed by atoms with Crippen molar-refractivity contribution >= 4 is 29.4 Å². The van der Waals surface area contributed by atoms with Gasteiger partial charge in [0.15, 0.2) is 0 Å². The predicted molar refractivity (Wildman–Crippen MR) is 77.0 cm³/mol. The summed E-state index contributed by atoms with van der Waals surface area (Å²) in [7, 11) is 0. The van der Waals surface area contributed by atoms with Crippen LogP contribution in [0.15, 0.2) is 18.2 Å². The van der Waals surface area contributed by atoms with Crippen molar-refractivity contribution in [1.29, 1.82) is 0 Å². The summed E-state index contributed by atoms with van der Waals surface area (Å²) in [6.07, 6.45) is 0. The van der Waals surface area contributed by atoms with Crippen molar-refractivity contribution in [3.63, 3.8) is 0 Å². The molecule has 1 heterocycles. The molecule has 1 amide bonds. The number of carbonyl (C=O) groups excluding carboxylic acids is 1. The minimum atomic E-state index is -0.367. The van der Waals surface area contributed by atoms with Gasteiger partial charge in [-0.1, -0.05) is 6.07 Å². The number of rotatable bonds is 3. The molecular weight excluding hydrogens is 269 g/mol. The molecule has 0 unspecified atom stereocenters. The third kappa shape index (κ3) is 3.65. The van der Waals surface area contributed by atoms with Crippen LogP contribution in [0, 0.1) is 12.7 Å². The average molecular weight is 285 g/mol. The van der Waals surface area contributed by atoms with Crippen LogP contribution >= 0.6 is 23.5 Å². The lowest BCUT2D eigenvalue weighted by molar-refractivity contribution is 0.0953. The van der Waals surface area contributed by atoms with Crippen LogP contribution in [0.25, 0.3) is 0 Å². The standard InChI is InChI=1S/C13H16FNOS2/c1-9-2-3-10(14)6-12(9)13(16)15-7-11-8-17-4-5-18-11/h2-3,6,11H,4-5,7-8H2,1H3,(H,15,16)/t11-/m0/s1. The molecule has 98 valence electrons. The number of halogens is 1. The first-order chi connectivity index (χ1) is 8.66. The van der Waals surface area contributed by atoms with E-state index in [4.69, 9.17) is 0 Å². The maximum absolute atomic E-state index is 13.1. The Kier molecular flexibility index (Phi) is 4.95. The SMILES string of the molecule is Cc1ccc(F)cc1C(=O)NC[C@H]1CSCCS1. The van der Waals surface area contributed by atoms with Gasteiger partial charge in [0.2, 0.25) is 0 Å². The number of amides is 1. The Hall–Kier alpha value is -0.680. The molecule has 0 saturated carbocycles. The summed E-state index contributed by atoms with van der Waals surface area (Å²) in [4.78, 5) is 12.0. The third-order valence-corrected chi connectivity index (χ3v) is 5.66. The summed E-state index contributed by atoms with van der Waals surface area (Å²) in [5.74, 6) is 2.87. The molecule has 1 aromatic rings. The van der Waals surface area contributed by atoms with Gasteiger partial charge in [-0.25, -0.2) is 4.39 Å². The summed E-state index contributed by atoms with van der Waals surface area (Å²) in [6.45, 7) is 2.48. The van der Waals surface area contributed by atoms with E-state index in [0.717, 1.165) is 17.1 Å². The molecule has 0 aliphatic carbocycles. The Balaban J connectivity index is 1.92. The van der Waals surface area contributed by atoms with Gasteiger partial charge in [-0.2, -0.15) is 23.5 Å². The molecule has 2 nitrogen and oxygen atoms in total. The van der Waals surface area contributed by atoms with Crippen LogP contribution in [0.1, 0.15) is 15.9 Å². The summed E-state index contributed by atoms with van der Waals surface area (Å²) in [5.41, 5.74) is 1.24. The van der Waals surface area contributed by atoms with Crippen LogP contribution in [0.4, 0.5) is 4.39 Å². The highest BCUT2D eigenvalue weighted by Gasteiger charge is 2.16. The number of nitrogens with one attached hydrogen (secondary N) is 1. The fourth-order valence-electron chi connectivity index (χ4n) is 1.80. The lowest BCUT2D eigenvalue weighted by atomic mass is 10.1. The van der Waals surface area contributed by atoms with E-state index in [9.17, 15) is 9.18 Å². The maximum atomic E-state index is 13.1. The molecular formula is C13H16FNOS2. The van der Waals surface area contributed by atoms with Gasteiger partial charge in [0, 0.05) is 34.6 Å². The Bertz CT molecular complexity index is 433. The molecule has 1 saturated heterocycles. The number of benzene rings is 1. The second-order valence-corrected chi connectivity index (χ2v) is 6.80. The van der Waals surface area contributed by atoms with E-state index in [1.165, 1.54) is 17.9 Å². The summed E-state index contributed by atoms with van der Waals surface area (Å²) in [6, 6.07) is 4.31. The fourth-order valence-corrected chi connectivity index (χ4v) is 4.41. The van der Waals surface area contributed by atoms with E-state index in [1.807, 2.05) is 30.4 Å². The topological polar surface area (TPSA) is 29.1 Å². The van der Waals surface area contributed by atoms with Crippen LogP contribution in [0.3, 0.4) is 0 Å². The second-order valence-electron chi connectivity index (χ2n) is 4.24. The number of aryl methyl sites for hydroxylation is 1. The third-order valence-electron chi connectivity index (χ3n) is 2.82. The smallest absolute Gasteiger partial charge is 0.251 e. The average Bonchev–Trinajstić information content (AvgIpc) is 2.40. The molecule has 0 radical (unpaired) electrons.